The van der Waals surface area contributed by atoms with Gasteiger partial charge in [-0.15, -0.1) is 0 Å². The molecule has 6 fully saturated rings. The number of hydrogen-bond donors (Lipinski definition) is 5. The molecule has 6 aliphatic rings. The number of anilines is 4. The van der Waals surface area contributed by atoms with Crippen LogP contribution in [0.4, 0.5) is 27.8 Å². The van der Waals surface area contributed by atoms with Crippen LogP contribution in [0, 0.1) is 25.7 Å². The van der Waals surface area contributed by atoms with Crippen LogP contribution in [0.5, 0.6) is 0 Å². The van der Waals surface area contributed by atoms with Crippen molar-refractivity contribution in [1.82, 2.24) is 44.3 Å². The van der Waals surface area contributed by atoms with E-state index >= 15 is 0 Å². The van der Waals surface area contributed by atoms with Gasteiger partial charge in [0, 0.05) is 110 Å². The molecule has 4 aromatic heterocycles. The number of hydrogen-bond acceptors (Lipinski definition) is 17. The molecular formula is C61H81Cl2N14O10P. The van der Waals surface area contributed by atoms with Crippen molar-refractivity contribution in [3.8, 4) is 0 Å². The first-order valence-corrected chi connectivity index (χ1v) is 31.9. The summed E-state index contributed by atoms with van der Waals surface area (Å²) in [6, 6.07) is 13.8. The zero-order valence-electron chi connectivity index (χ0n) is 51.5. The molecule has 5 amide bonds. The number of piperidine rings is 2. The number of alkyl carbamates (subject to hydrolysis) is 1. The van der Waals surface area contributed by atoms with Crippen molar-refractivity contribution < 1.29 is 50.9 Å². The normalized spacial score (nSPS) is 20.4. The minimum Gasteiger partial charge on any atom is -0.565 e. The zero-order valence-corrected chi connectivity index (χ0v) is 53.0. The Morgan fingerprint density at radius 1 is 0.705 bits per heavy atom. The number of rotatable bonds is 12. The van der Waals surface area contributed by atoms with Gasteiger partial charge in [0.15, 0.2) is 11.3 Å². The summed E-state index contributed by atoms with van der Waals surface area (Å²) in [4.78, 5) is 92.2. The number of carbonyl (C=O) groups is 5. The molecule has 27 heteroatoms. The fourth-order valence-electron chi connectivity index (χ4n) is 11.6. The van der Waals surface area contributed by atoms with Crippen molar-refractivity contribution in [3.05, 3.63) is 105 Å². The van der Waals surface area contributed by atoms with Crippen molar-refractivity contribution in [2.45, 2.75) is 155 Å². The van der Waals surface area contributed by atoms with Crippen LogP contribution in [-0.2, 0) is 23.6 Å². The summed E-state index contributed by atoms with van der Waals surface area (Å²) in [6.45, 7) is 16.2. The molecule has 1 unspecified atom stereocenters. The number of amides is 5. The van der Waals surface area contributed by atoms with Gasteiger partial charge in [0.05, 0.1) is 52.0 Å². The Hall–Kier alpha value is -7.05. The van der Waals surface area contributed by atoms with Gasteiger partial charge in [0.1, 0.15) is 17.2 Å². The maximum atomic E-state index is 14.0. The van der Waals surface area contributed by atoms with E-state index in [-0.39, 0.29) is 61.1 Å². The van der Waals surface area contributed by atoms with Gasteiger partial charge in [0.25, 0.3) is 11.8 Å². The first-order valence-electron chi connectivity index (χ1n) is 30.8. The van der Waals surface area contributed by atoms with Gasteiger partial charge in [-0.3, -0.25) is 19.2 Å². The van der Waals surface area contributed by atoms with Crippen LogP contribution >= 0.6 is 31.5 Å². The van der Waals surface area contributed by atoms with Gasteiger partial charge < -0.3 is 50.9 Å². The van der Waals surface area contributed by atoms with Crippen molar-refractivity contribution in [1.29, 1.82) is 0 Å². The molecule has 0 spiro atoms. The highest BCUT2D eigenvalue weighted by Gasteiger charge is 2.37. The number of aryl methyl sites for hydroxylation is 2. The van der Waals surface area contributed by atoms with E-state index in [0.717, 1.165) is 136 Å². The number of carbonyl (C=O) groups excluding carboxylic acids is 5. The van der Waals surface area contributed by atoms with Crippen molar-refractivity contribution in [3.63, 3.8) is 0 Å². The Labute approximate surface area is 525 Å². The molecule has 88 heavy (non-hydrogen) atoms. The third-order valence-electron chi connectivity index (χ3n) is 16.1. The molecule has 6 N–H and O–H groups in total. The predicted octanol–water partition coefficient (Wildman–Crippen LogP) is 10.2. The van der Waals surface area contributed by atoms with Gasteiger partial charge >= 0.3 is 14.3 Å². The molecule has 8 heterocycles. The van der Waals surface area contributed by atoms with Crippen LogP contribution in [0.15, 0.2) is 60.9 Å². The highest BCUT2D eigenvalue weighted by Crippen LogP contribution is 2.39. The summed E-state index contributed by atoms with van der Waals surface area (Å²) >= 11 is 12.6. The number of likely N-dealkylation sites (tertiary alicyclic amines) is 2. The van der Waals surface area contributed by atoms with Crippen LogP contribution in [0.3, 0.4) is 0 Å². The van der Waals surface area contributed by atoms with Crippen LogP contribution < -0.4 is 36.4 Å². The minimum atomic E-state index is -3.04. The Morgan fingerprint density at radius 2 is 1.15 bits per heavy atom. The standard InChI is InChI=1S/C32H40ClN7O4.C27H32ClN7O2.C2H6.HO4P.H2/c1-19-17-40-27(36-28(19)38-14-12-22(18-38)34-31(43)44-32(2,3)4)16-25(37-40)26-7-5-6-13-39(26)30(42)23-15-21(33)10-11-24(23)35-29(41)20-8-9-20;1-16-14-35-24(31-25(16)33-11-9-19(29)15-33)13-22(32-35)23-4-2-3-10-34(23)27(37)20-12-18(28)7-8-21(20)30-26(36)17-5-6-17;1-2;1-4-5(2)3;/h10-11,15-17,20,22,26H,5-9,12-14,18H2,1-4H3,(H,34,43)(H,35,41);7-8,12-14,17,19,23H,2-6,9-11,15,29H2,1H3,(H,30,36);1-2H3;1H;1H/t22-,26-;19-,23-;;;/m00.../s1/i;;1D;;. The molecule has 12 rings (SSSR count). The highest BCUT2D eigenvalue weighted by atomic mass is 35.5. The molecule has 24 nitrogen and oxygen atoms in total. The number of benzene rings is 2. The van der Waals surface area contributed by atoms with Crippen molar-refractivity contribution in [2.75, 3.05) is 59.7 Å². The lowest BCUT2D eigenvalue weighted by Crippen LogP contribution is -2.40. The zero-order chi connectivity index (χ0) is 63.8. The van der Waals surface area contributed by atoms with Crippen molar-refractivity contribution in [2.24, 2.45) is 17.6 Å². The molecule has 4 aliphatic heterocycles. The lowest BCUT2D eigenvalue weighted by Gasteiger charge is -2.35. The van der Waals surface area contributed by atoms with E-state index in [2.05, 4.69) is 30.4 Å². The van der Waals surface area contributed by atoms with Crippen LogP contribution in [0.2, 0.25) is 10.0 Å². The number of halogens is 2. The topological polar surface area (TPSA) is 300 Å². The molecule has 6 aromatic rings. The summed E-state index contributed by atoms with van der Waals surface area (Å²) in [5.74, 6) is 1.43. The number of nitrogens with zero attached hydrogens (tertiary/aromatic N) is 10. The number of fused-ring (bicyclic) bond motifs is 2. The second kappa shape index (κ2) is 28.6. The Kier molecular flexibility index (Phi) is 20.8. The molecule has 2 saturated carbocycles. The van der Waals surface area contributed by atoms with Crippen LogP contribution in [-0.4, -0.2) is 131 Å². The summed E-state index contributed by atoms with van der Waals surface area (Å²) in [5, 5.41) is 26.5. The van der Waals surface area contributed by atoms with E-state index in [1.807, 2.05) is 73.5 Å². The van der Waals surface area contributed by atoms with Gasteiger partial charge in [-0.05, 0) is 153 Å². The average molecular weight is 1270 g/mol. The lowest BCUT2D eigenvalue weighted by molar-refractivity contribution is -0.244. The third-order valence-corrected chi connectivity index (χ3v) is 16.7. The smallest absolute Gasteiger partial charge is 0.521 e. The monoisotopic (exact) mass is 1270 g/mol. The molecule has 2 aromatic carbocycles. The predicted molar refractivity (Wildman–Crippen MR) is 336 cm³/mol. The molecule has 0 bridgehead atoms. The molecule has 0 radical (unpaired) electrons. The number of aromatic nitrogens is 6. The van der Waals surface area contributed by atoms with E-state index in [0.29, 0.717) is 64.7 Å². The molecule has 4 saturated heterocycles. The van der Waals surface area contributed by atoms with Gasteiger partial charge in [-0.2, -0.15) is 10.2 Å². The molecule has 5 atom stereocenters. The summed E-state index contributed by atoms with van der Waals surface area (Å²) in [6.07, 6.45) is 14.2. The van der Waals surface area contributed by atoms with Gasteiger partial charge in [-0.1, -0.05) is 37.0 Å². The molecule has 2 aliphatic carbocycles. The van der Waals surface area contributed by atoms with E-state index in [9.17, 15) is 24.0 Å². The Balaban J connectivity index is 0.000000208. The van der Waals surface area contributed by atoms with E-state index in [1.165, 1.54) is 0 Å². The quantitative estimate of drug-likeness (QED) is 0.0432. The third kappa shape index (κ3) is 16.2. The minimum absolute atomic E-state index is 0. The molecular weight excluding hydrogens is 1190 g/mol. The van der Waals surface area contributed by atoms with E-state index in [4.69, 9.17) is 69.9 Å². The largest absolute Gasteiger partial charge is 0.565 e. The highest BCUT2D eigenvalue weighted by molar-refractivity contribution is 7.30. The second-order valence-corrected chi connectivity index (χ2v) is 25.5. The van der Waals surface area contributed by atoms with Crippen LogP contribution in [0.1, 0.15) is 170 Å². The fourth-order valence-corrected chi connectivity index (χ4v) is 11.9. The maximum absolute atomic E-state index is 14.0. The number of nitrogens with two attached hydrogens (primary N) is 1. The fraction of sp³-hybridized carbons (Fsp3) is 0.525. The summed E-state index contributed by atoms with van der Waals surface area (Å²) < 4.78 is 26.9. The maximum Gasteiger partial charge on any atom is 0.521 e. The summed E-state index contributed by atoms with van der Waals surface area (Å²) in [5.41, 5.74) is 12.4. The van der Waals surface area contributed by atoms with Crippen LogP contribution in [0.25, 0.3) is 11.3 Å². The Morgan fingerprint density at radius 3 is 1.56 bits per heavy atom. The van der Waals surface area contributed by atoms with E-state index < -0.39 is 19.9 Å². The lowest BCUT2D eigenvalue weighted by atomic mass is 9.98. The van der Waals surface area contributed by atoms with Crippen molar-refractivity contribution >= 4 is 95.5 Å². The first kappa shape index (κ1) is 64.0. The Bertz CT molecular complexity index is 3590. The van der Waals surface area contributed by atoms with E-state index in [1.54, 1.807) is 47.8 Å². The van der Waals surface area contributed by atoms with Gasteiger partial charge in [-0.25, -0.2) is 29.1 Å². The molecule has 474 valence electrons. The number of ether oxygens (including phenoxy) is 1. The second-order valence-electron chi connectivity index (χ2n) is 24.0. The SMILES string of the molecule is Cc1cn2nc([C@@H]3CCCCN3C(=O)c3cc(Cl)ccc3NC(=O)C3CC3)cc2nc1N1CC[C@H](N)C1.Cc1cn2nc([C@@H]3CCCCN3C(=O)c3cc(Cl)ccc3NC(=O)C3CC3)cc2nc1N1CC[C@H](NC(=O)OC(C)(C)C)C1.O=[P+]([O-])OO.[2H]CC.[HH]. The first-order chi connectivity index (χ1) is 42.5. The number of nitrogens with one attached hydrogen (secondary N) is 3. The summed E-state index contributed by atoms with van der Waals surface area (Å²) in [7, 11) is -3.04. The average Bonchev–Trinajstić information content (AvgIpc) is 1.77. The van der Waals surface area contributed by atoms with Gasteiger partial charge in [0.2, 0.25) is 11.8 Å².